The first kappa shape index (κ1) is 11.6. The molecule has 0 atom stereocenters. The predicted octanol–water partition coefficient (Wildman–Crippen LogP) is 1.33. The fourth-order valence-corrected chi connectivity index (χ4v) is 1.34. The highest BCUT2D eigenvalue weighted by Crippen LogP contribution is 2.21. The minimum absolute atomic E-state index is 0.0422. The van der Waals surface area contributed by atoms with Crippen LogP contribution in [0, 0.1) is 0 Å². The number of phenols is 1. The van der Waals surface area contributed by atoms with Gasteiger partial charge in [-0.3, -0.25) is 4.79 Å². The molecule has 1 aromatic carbocycles. The Morgan fingerprint density at radius 3 is 2.67 bits per heavy atom. The number of hydrogen-bond acceptors (Lipinski definition) is 5. The number of carbonyl (C=O) groups is 2. The van der Waals surface area contributed by atoms with Crippen LogP contribution in [0.5, 0.6) is 5.75 Å². The molecule has 1 aromatic heterocycles. The van der Waals surface area contributed by atoms with E-state index in [4.69, 9.17) is 5.11 Å². The van der Waals surface area contributed by atoms with E-state index in [1.807, 2.05) is 0 Å². The van der Waals surface area contributed by atoms with Gasteiger partial charge in [0.15, 0.2) is 0 Å². The SMILES string of the molecule is O=C(Nc1ccc(O)cc1C(=O)O)c1ccno1. The van der Waals surface area contributed by atoms with Gasteiger partial charge in [-0.05, 0) is 18.2 Å². The van der Waals surface area contributed by atoms with E-state index in [2.05, 4.69) is 15.0 Å². The van der Waals surface area contributed by atoms with Crippen molar-refractivity contribution in [3.63, 3.8) is 0 Å². The van der Waals surface area contributed by atoms with Gasteiger partial charge >= 0.3 is 5.97 Å². The van der Waals surface area contributed by atoms with E-state index in [-0.39, 0.29) is 22.8 Å². The van der Waals surface area contributed by atoms with Crippen LogP contribution in [0.15, 0.2) is 35.0 Å². The standard InChI is InChI=1S/C11H8N2O5/c14-6-1-2-8(7(5-6)11(16)17)13-10(15)9-3-4-12-18-9/h1-5,14H,(H,13,15)(H,16,17). The van der Waals surface area contributed by atoms with E-state index in [9.17, 15) is 14.7 Å². The van der Waals surface area contributed by atoms with Crippen LogP contribution in [0.2, 0.25) is 0 Å². The molecule has 92 valence electrons. The molecule has 7 heteroatoms. The molecule has 0 aliphatic heterocycles. The molecule has 0 spiro atoms. The first-order chi connectivity index (χ1) is 8.58. The number of benzene rings is 1. The second-order valence-corrected chi connectivity index (χ2v) is 3.37. The Labute approximate surface area is 101 Å². The zero-order chi connectivity index (χ0) is 13.1. The first-order valence-corrected chi connectivity index (χ1v) is 4.86. The molecule has 0 radical (unpaired) electrons. The van der Waals surface area contributed by atoms with Crippen molar-refractivity contribution in [3.8, 4) is 5.75 Å². The second-order valence-electron chi connectivity index (χ2n) is 3.37. The van der Waals surface area contributed by atoms with Crippen molar-refractivity contribution in [2.75, 3.05) is 5.32 Å². The number of aromatic hydroxyl groups is 1. The number of aromatic carboxylic acids is 1. The summed E-state index contributed by atoms with van der Waals surface area (Å²) in [6, 6.07) is 4.93. The smallest absolute Gasteiger partial charge is 0.337 e. The van der Waals surface area contributed by atoms with E-state index in [0.29, 0.717) is 0 Å². The highest BCUT2D eigenvalue weighted by molar-refractivity contribution is 6.06. The van der Waals surface area contributed by atoms with Crippen LogP contribution < -0.4 is 5.32 Å². The molecular formula is C11H8N2O5. The maximum Gasteiger partial charge on any atom is 0.337 e. The molecular weight excluding hydrogens is 240 g/mol. The Kier molecular flexibility index (Phi) is 2.96. The number of nitrogens with zero attached hydrogens (tertiary/aromatic N) is 1. The van der Waals surface area contributed by atoms with Gasteiger partial charge in [-0.2, -0.15) is 0 Å². The lowest BCUT2D eigenvalue weighted by molar-refractivity contribution is 0.0697. The Morgan fingerprint density at radius 1 is 1.28 bits per heavy atom. The summed E-state index contributed by atoms with van der Waals surface area (Å²) < 4.78 is 4.63. The number of phenolic OH excluding ortho intramolecular Hbond substituents is 1. The van der Waals surface area contributed by atoms with Crippen molar-refractivity contribution < 1.29 is 24.3 Å². The van der Waals surface area contributed by atoms with Crippen LogP contribution in [-0.2, 0) is 0 Å². The first-order valence-electron chi connectivity index (χ1n) is 4.86. The lowest BCUT2D eigenvalue weighted by Crippen LogP contribution is -2.14. The summed E-state index contributed by atoms with van der Waals surface area (Å²) in [5.74, 6) is -2.14. The molecule has 0 unspecified atom stereocenters. The lowest BCUT2D eigenvalue weighted by Gasteiger charge is -2.07. The van der Waals surface area contributed by atoms with Gasteiger partial charge in [-0.15, -0.1) is 0 Å². The van der Waals surface area contributed by atoms with E-state index in [1.54, 1.807) is 0 Å². The topological polar surface area (TPSA) is 113 Å². The fraction of sp³-hybridized carbons (Fsp3) is 0. The van der Waals surface area contributed by atoms with Crippen molar-refractivity contribution in [1.82, 2.24) is 5.16 Å². The molecule has 0 bridgehead atoms. The van der Waals surface area contributed by atoms with Gasteiger partial charge in [0.05, 0.1) is 17.4 Å². The van der Waals surface area contributed by atoms with Crippen molar-refractivity contribution in [1.29, 1.82) is 0 Å². The molecule has 3 N–H and O–H groups in total. The zero-order valence-corrected chi connectivity index (χ0v) is 8.95. The number of rotatable bonds is 3. The minimum atomic E-state index is -1.27. The summed E-state index contributed by atoms with van der Waals surface area (Å²) in [6.45, 7) is 0. The quantitative estimate of drug-likeness (QED) is 0.706. The highest BCUT2D eigenvalue weighted by Gasteiger charge is 2.16. The van der Waals surface area contributed by atoms with Crippen LogP contribution in [0.4, 0.5) is 5.69 Å². The molecule has 0 aliphatic carbocycles. The van der Waals surface area contributed by atoms with Gasteiger partial charge in [0.2, 0.25) is 5.76 Å². The van der Waals surface area contributed by atoms with E-state index < -0.39 is 11.9 Å². The number of carboxylic acids is 1. The van der Waals surface area contributed by atoms with Crippen molar-refractivity contribution in [2.45, 2.75) is 0 Å². The van der Waals surface area contributed by atoms with E-state index >= 15 is 0 Å². The second kappa shape index (κ2) is 4.58. The number of hydrogen-bond donors (Lipinski definition) is 3. The van der Waals surface area contributed by atoms with Crippen LogP contribution in [-0.4, -0.2) is 27.2 Å². The minimum Gasteiger partial charge on any atom is -0.508 e. The Balaban J connectivity index is 2.29. The third kappa shape index (κ3) is 2.29. The van der Waals surface area contributed by atoms with Gasteiger partial charge in [-0.25, -0.2) is 4.79 Å². The van der Waals surface area contributed by atoms with Gasteiger partial charge in [-0.1, -0.05) is 5.16 Å². The van der Waals surface area contributed by atoms with Gasteiger partial charge in [0.1, 0.15) is 5.75 Å². The Morgan fingerprint density at radius 2 is 2.06 bits per heavy atom. The summed E-state index contributed by atoms with van der Waals surface area (Å²) in [4.78, 5) is 22.6. The van der Waals surface area contributed by atoms with Crippen molar-refractivity contribution in [2.24, 2.45) is 0 Å². The lowest BCUT2D eigenvalue weighted by atomic mass is 10.1. The monoisotopic (exact) mass is 248 g/mol. The molecule has 2 aromatic rings. The predicted molar refractivity (Wildman–Crippen MR) is 59.5 cm³/mol. The summed E-state index contributed by atoms with van der Waals surface area (Å²) in [7, 11) is 0. The number of nitrogens with one attached hydrogen (secondary N) is 1. The summed E-state index contributed by atoms with van der Waals surface area (Å²) in [6.07, 6.45) is 1.30. The van der Waals surface area contributed by atoms with Gasteiger partial charge in [0.25, 0.3) is 5.91 Å². The third-order valence-corrected chi connectivity index (χ3v) is 2.14. The molecule has 1 heterocycles. The van der Waals surface area contributed by atoms with Crippen LogP contribution in [0.1, 0.15) is 20.9 Å². The molecule has 0 fully saturated rings. The van der Waals surface area contributed by atoms with Crippen LogP contribution in [0.25, 0.3) is 0 Å². The average Bonchev–Trinajstić information content (AvgIpc) is 2.84. The number of carbonyl (C=O) groups excluding carboxylic acids is 1. The zero-order valence-electron chi connectivity index (χ0n) is 8.95. The molecule has 18 heavy (non-hydrogen) atoms. The molecule has 0 saturated heterocycles. The normalized spacial score (nSPS) is 10.0. The van der Waals surface area contributed by atoms with E-state index in [0.717, 1.165) is 6.07 Å². The van der Waals surface area contributed by atoms with Gasteiger partial charge in [0, 0.05) is 6.07 Å². The molecule has 0 aliphatic rings. The molecule has 0 saturated carbocycles. The van der Waals surface area contributed by atoms with E-state index in [1.165, 1.54) is 24.4 Å². The summed E-state index contributed by atoms with van der Waals surface area (Å²) in [5.41, 5.74) is -0.162. The van der Waals surface area contributed by atoms with Crippen molar-refractivity contribution >= 4 is 17.6 Å². The Bertz CT molecular complexity index is 591. The highest BCUT2D eigenvalue weighted by atomic mass is 16.5. The maximum absolute atomic E-state index is 11.6. The molecule has 1 amide bonds. The largest absolute Gasteiger partial charge is 0.508 e. The fourth-order valence-electron chi connectivity index (χ4n) is 1.34. The van der Waals surface area contributed by atoms with Gasteiger partial charge < -0.3 is 20.1 Å². The number of amides is 1. The summed E-state index contributed by atoms with van der Waals surface area (Å²) >= 11 is 0. The Hall–Kier alpha value is -2.83. The molecule has 7 nitrogen and oxygen atoms in total. The average molecular weight is 248 g/mol. The number of aromatic nitrogens is 1. The van der Waals surface area contributed by atoms with Crippen molar-refractivity contribution in [3.05, 3.63) is 41.8 Å². The maximum atomic E-state index is 11.6. The molecule has 2 rings (SSSR count). The third-order valence-electron chi connectivity index (χ3n) is 2.14. The summed E-state index contributed by atoms with van der Waals surface area (Å²) in [5, 5.41) is 23.9. The van der Waals surface area contributed by atoms with Crippen LogP contribution in [0.3, 0.4) is 0 Å². The number of anilines is 1. The number of carboxylic acid groups (broad SMARTS) is 1. The van der Waals surface area contributed by atoms with Crippen LogP contribution >= 0.6 is 0 Å².